The van der Waals surface area contributed by atoms with E-state index in [4.69, 9.17) is 18.9 Å². The number of ether oxygens (including phenoxy) is 4. The molecule has 2 heterocycles. The van der Waals surface area contributed by atoms with Gasteiger partial charge in [0.05, 0.1) is 18.3 Å². The van der Waals surface area contributed by atoms with Crippen LogP contribution in [0.15, 0.2) is 48.5 Å². The second-order valence-electron chi connectivity index (χ2n) is 9.58. The molecule has 0 aliphatic carbocycles. The molecule has 0 saturated carbocycles. The summed E-state index contributed by atoms with van der Waals surface area (Å²) in [5.74, 6) is -0.819. The fourth-order valence-corrected chi connectivity index (χ4v) is 4.41. The smallest absolute Gasteiger partial charge is 0.229 e. The number of allylic oxidation sites excluding steroid dienone is 1. The molecule has 2 fully saturated rings. The van der Waals surface area contributed by atoms with Crippen LogP contribution in [0.5, 0.6) is 17.2 Å². The molecule has 0 bridgehead atoms. The summed E-state index contributed by atoms with van der Waals surface area (Å²) >= 11 is 0. The first-order chi connectivity index (χ1) is 19.0. The highest BCUT2D eigenvalue weighted by Crippen LogP contribution is 2.32. The van der Waals surface area contributed by atoms with E-state index in [-0.39, 0.29) is 22.8 Å². The minimum Gasteiger partial charge on any atom is -0.508 e. The Morgan fingerprint density at radius 2 is 1.50 bits per heavy atom. The van der Waals surface area contributed by atoms with E-state index < -0.39 is 73.8 Å². The SMILES string of the molecule is C[C@@H]1O[C@@H](Oc2cc(O)ccc2C(=O)/C=C/c2ccc(O)cc2)[C@@H](O)[C@@H](O)[C@H]1O[C@@H]1O[C@H](CO)[C@@H](O)[C@H](O)[C@H]1O. The first kappa shape index (κ1) is 29.9. The van der Waals surface area contributed by atoms with E-state index in [1.54, 1.807) is 12.1 Å². The topological polar surface area (TPSA) is 216 Å². The molecule has 0 radical (unpaired) electrons. The van der Waals surface area contributed by atoms with Gasteiger partial charge in [0.1, 0.15) is 60.0 Å². The van der Waals surface area contributed by atoms with Crippen molar-refractivity contribution in [3.63, 3.8) is 0 Å². The molecule has 13 heteroatoms. The van der Waals surface area contributed by atoms with Crippen LogP contribution >= 0.6 is 0 Å². The summed E-state index contributed by atoms with van der Waals surface area (Å²) in [7, 11) is 0. The van der Waals surface area contributed by atoms with Gasteiger partial charge in [-0.2, -0.15) is 0 Å². The van der Waals surface area contributed by atoms with Gasteiger partial charge in [0, 0.05) is 6.07 Å². The monoisotopic (exact) mass is 564 g/mol. The normalized spacial score (nSPS) is 34.6. The lowest BCUT2D eigenvalue weighted by molar-refractivity contribution is -0.348. The van der Waals surface area contributed by atoms with Crippen molar-refractivity contribution in [2.45, 2.75) is 68.3 Å². The Labute approximate surface area is 228 Å². The molecule has 8 N–H and O–H groups in total. The molecule has 4 rings (SSSR count). The van der Waals surface area contributed by atoms with Gasteiger partial charge in [-0.3, -0.25) is 4.79 Å². The van der Waals surface area contributed by atoms with Crippen molar-refractivity contribution in [1.82, 2.24) is 0 Å². The molecule has 0 amide bonds. The summed E-state index contributed by atoms with van der Waals surface area (Å²) in [6.45, 7) is 0.785. The van der Waals surface area contributed by atoms with E-state index >= 15 is 0 Å². The summed E-state index contributed by atoms with van der Waals surface area (Å²) in [6.07, 6.45) is -12.4. The zero-order chi connectivity index (χ0) is 29.1. The highest BCUT2D eigenvalue weighted by Gasteiger charge is 2.50. The molecule has 0 unspecified atom stereocenters. The molecule has 2 aliphatic heterocycles. The van der Waals surface area contributed by atoms with Crippen molar-refractivity contribution in [2.75, 3.05) is 6.61 Å². The van der Waals surface area contributed by atoms with Crippen LogP contribution in [-0.2, 0) is 14.2 Å². The predicted octanol–water partition coefficient (Wildman–Crippen LogP) is -0.976. The van der Waals surface area contributed by atoms with Crippen LogP contribution in [0.25, 0.3) is 6.08 Å². The predicted molar refractivity (Wildman–Crippen MR) is 135 cm³/mol. The molecule has 40 heavy (non-hydrogen) atoms. The number of hydrogen-bond donors (Lipinski definition) is 8. The van der Waals surface area contributed by atoms with E-state index in [1.807, 2.05) is 0 Å². The standard InChI is InChI=1S/C27H32O13/c1-12-25(40-27-23(35)21(33)20(32)19(11-28)39-27)22(34)24(36)26(37-12)38-18-10-15(30)7-8-16(18)17(31)9-4-13-2-5-14(29)6-3-13/h2-10,12,19-30,32-36H,11H2,1H3/b9-4+/t12-,19+,20+,21-,22+,23+,24-,25-,26-,27-/m0/s1. The molecule has 2 aromatic carbocycles. The number of hydrogen-bond acceptors (Lipinski definition) is 13. The summed E-state index contributed by atoms with van der Waals surface area (Å²) < 4.78 is 22.3. The first-order valence-corrected chi connectivity index (χ1v) is 12.5. The van der Waals surface area contributed by atoms with E-state index in [2.05, 4.69) is 0 Å². The highest BCUT2D eigenvalue weighted by atomic mass is 16.7. The van der Waals surface area contributed by atoms with Crippen molar-refractivity contribution in [3.05, 3.63) is 59.7 Å². The van der Waals surface area contributed by atoms with Crippen LogP contribution in [-0.4, -0.2) is 115 Å². The molecule has 0 aromatic heterocycles. The van der Waals surface area contributed by atoms with Crippen LogP contribution in [0.2, 0.25) is 0 Å². The molecular weight excluding hydrogens is 532 g/mol. The minimum atomic E-state index is -1.75. The van der Waals surface area contributed by atoms with Gasteiger partial charge in [-0.1, -0.05) is 18.2 Å². The number of carbonyl (C=O) groups excluding carboxylic acids is 1. The highest BCUT2D eigenvalue weighted by molar-refractivity contribution is 6.08. The lowest BCUT2D eigenvalue weighted by Gasteiger charge is -2.45. The van der Waals surface area contributed by atoms with Crippen LogP contribution in [0, 0.1) is 0 Å². The summed E-state index contributed by atoms with van der Waals surface area (Å²) in [4.78, 5) is 12.9. The number of benzene rings is 2. The Balaban J connectivity index is 1.47. The number of aliphatic hydroxyl groups excluding tert-OH is 6. The zero-order valence-electron chi connectivity index (χ0n) is 21.3. The fraction of sp³-hybridized carbons (Fsp3) is 0.444. The van der Waals surface area contributed by atoms with Crippen LogP contribution in [0.3, 0.4) is 0 Å². The maximum atomic E-state index is 12.9. The number of aromatic hydroxyl groups is 2. The molecular formula is C27H32O13. The number of carbonyl (C=O) groups is 1. The molecule has 10 atom stereocenters. The first-order valence-electron chi connectivity index (χ1n) is 12.5. The summed E-state index contributed by atoms with van der Waals surface area (Å²) in [5.41, 5.74) is 0.659. The average molecular weight is 565 g/mol. The maximum absolute atomic E-state index is 12.9. The molecule has 2 saturated heterocycles. The molecule has 13 nitrogen and oxygen atoms in total. The van der Waals surface area contributed by atoms with Crippen molar-refractivity contribution in [2.24, 2.45) is 0 Å². The van der Waals surface area contributed by atoms with E-state index in [9.17, 15) is 45.6 Å². The third-order valence-corrected chi connectivity index (χ3v) is 6.71. The van der Waals surface area contributed by atoms with Gasteiger partial charge in [0.25, 0.3) is 0 Å². The van der Waals surface area contributed by atoms with Gasteiger partial charge >= 0.3 is 0 Å². The molecule has 218 valence electrons. The van der Waals surface area contributed by atoms with Crippen molar-refractivity contribution < 1.29 is 64.6 Å². The van der Waals surface area contributed by atoms with E-state index in [1.165, 1.54) is 43.3 Å². The van der Waals surface area contributed by atoms with Crippen LogP contribution < -0.4 is 4.74 Å². The maximum Gasteiger partial charge on any atom is 0.229 e. The van der Waals surface area contributed by atoms with E-state index in [0.717, 1.165) is 6.07 Å². The number of phenolic OH excluding ortho intramolecular Hbond substituents is 2. The second-order valence-corrected chi connectivity index (χ2v) is 9.58. The Kier molecular flexibility index (Phi) is 9.41. The van der Waals surface area contributed by atoms with Gasteiger partial charge in [0.15, 0.2) is 12.1 Å². The van der Waals surface area contributed by atoms with Crippen molar-refractivity contribution >= 4 is 11.9 Å². The number of ketones is 1. The Morgan fingerprint density at radius 3 is 2.17 bits per heavy atom. The zero-order valence-corrected chi connectivity index (χ0v) is 21.3. The third-order valence-electron chi connectivity index (χ3n) is 6.71. The summed E-state index contributed by atoms with van der Waals surface area (Å²) in [5, 5.41) is 80.5. The minimum absolute atomic E-state index is 0.0189. The molecule has 2 aliphatic rings. The second kappa shape index (κ2) is 12.6. The number of aliphatic hydroxyl groups is 6. The quantitative estimate of drug-likeness (QED) is 0.143. The number of rotatable bonds is 8. The van der Waals surface area contributed by atoms with Gasteiger partial charge in [-0.05, 0) is 42.8 Å². The Morgan fingerprint density at radius 1 is 0.850 bits per heavy atom. The van der Waals surface area contributed by atoms with Gasteiger partial charge in [-0.25, -0.2) is 0 Å². The lowest BCUT2D eigenvalue weighted by atomic mass is 9.97. The fourth-order valence-electron chi connectivity index (χ4n) is 4.41. The molecule has 2 aromatic rings. The largest absolute Gasteiger partial charge is 0.508 e. The van der Waals surface area contributed by atoms with Crippen LogP contribution in [0.1, 0.15) is 22.8 Å². The van der Waals surface area contributed by atoms with Crippen molar-refractivity contribution in [1.29, 1.82) is 0 Å². The van der Waals surface area contributed by atoms with E-state index in [0.29, 0.717) is 5.56 Å². The lowest BCUT2D eigenvalue weighted by Crippen LogP contribution is -2.64. The Hall–Kier alpha value is -3.11. The third kappa shape index (κ3) is 6.44. The summed E-state index contributed by atoms with van der Waals surface area (Å²) in [6, 6.07) is 9.86. The average Bonchev–Trinajstić information content (AvgIpc) is 2.93. The van der Waals surface area contributed by atoms with Gasteiger partial charge in [-0.15, -0.1) is 0 Å². The van der Waals surface area contributed by atoms with Crippen molar-refractivity contribution in [3.8, 4) is 17.2 Å². The Bertz CT molecular complexity index is 1180. The number of phenols is 2. The molecule has 0 spiro atoms. The van der Waals surface area contributed by atoms with Gasteiger partial charge < -0.3 is 59.8 Å². The van der Waals surface area contributed by atoms with Crippen LogP contribution in [0.4, 0.5) is 0 Å². The van der Waals surface area contributed by atoms with Gasteiger partial charge in [0.2, 0.25) is 6.29 Å².